The SMILES string of the molecule is COc1cc(F)cc2cc(F)cnc12. The first-order valence-corrected chi connectivity index (χ1v) is 3.99. The van der Waals surface area contributed by atoms with Crippen molar-refractivity contribution in [1.82, 2.24) is 4.98 Å². The fraction of sp³-hybridized carbons (Fsp3) is 0.100. The molecule has 0 fully saturated rings. The molecule has 2 nitrogen and oxygen atoms in total. The fourth-order valence-electron chi connectivity index (χ4n) is 1.31. The van der Waals surface area contributed by atoms with Crippen LogP contribution >= 0.6 is 0 Å². The Morgan fingerprint density at radius 1 is 1.14 bits per heavy atom. The highest BCUT2D eigenvalue weighted by atomic mass is 19.1. The van der Waals surface area contributed by atoms with Gasteiger partial charge >= 0.3 is 0 Å². The molecule has 0 unspecified atom stereocenters. The maximum absolute atomic E-state index is 13.0. The maximum atomic E-state index is 13.0. The van der Waals surface area contributed by atoms with Gasteiger partial charge in [0.15, 0.2) is 0 Å². The van der Waals surface area contributed by atoms with E-state index in [1.807, 2.05) is 0 Å². The summed E-state index contributed by atoms with van der Waals surface area (Å²) in [5.41, 5.74) is 0.454. The Kier molecular flexibility index (Phi) is 2.04. The van der Waals surface area contributed by atoms with E-state index >= 15 is 0 Å². The van der Waals surface area contributed by atoms with Gasteiger partial charge in [-0.1, -0.05) is 0 Å². The standard InChI is InChI=1S/C10H7F2NO/c1-14-9-4-7(11)2-6-3-8(12)5-13-10(6)9/h2-5H,1H3. The quantitative estimate of drug-likeness (QED) is 0.697. The van der Waals surface area contributed by atoms with Gasteiger partial charge in [-0.25, -0.2) is 13.8 Å². The number of hydrogen-bond acceptors (Lipinski definition) is 2. The second-order valence-electron chi connectivity index (χ2n) is 2.83. The summed E-state index contributed by atoms with van der Waals surface area (Å²) >= 11 is 0. The number of benzene rings is 1. The van der Waals surface area contributed by atoms with Crippen LogP contribution in [0.5, 0.6) is 5.75 Å². The van der Waals surface area contributed by atoms with Crippen LogP contribution in [-0.4, -0.2) is 12.1 Å². The average Bonchev–Trinajstić information content (AvgIpc) is 2.15. The summed E-state index contributed by atoms with van der Waals surface area (Å²) in [6.45, 7) is 0. The Hall–Kier alpha value is -1.71. The van der Waals surface area contributed by atoms with Gasteiger partial charge in [-0.05, 0) is 12.1 Å². The Bertz CT molecular complexity index is 480. The van der Waals surface area contributed by atoms with E-state index in [9.17, 15) is 8.78 Å². The van der Waals surface area contributed by atoms with Crippen LogP contribution in [0.2, 0.25) is 0 Å². The highest BCUT2D eigenvalue weighted by Crippen LogP contribution is 2.25. The zero-order chi connectivity index (χ0) is 10.1. The van der Waals surface area contributed by atoms with Crippen LogP contribution in [0, 0.1) is 11.6 Å². The first kappa shape index (κ1) is 8.87. The van der Waals surface area contributed by atoms with Gasteiger partial charge in [0.1, 0.15) is 22.9 Å². The molecule has 0 aliphatic carbocycles. The molecule has 1 aromatic heterocycles. The number of fused-ring (bicyclic) bond motifs is 1. The number of pyridine rings is 1. The molecule has 2 aromatic rings. The van der Waals surface area contributed by atoms with Crippen molar-refractivity contribution in [3.05, 3.63) is 36.0 Å². The van der Waals surface area contributed by atoms with Gasteiger partial charge in [0.05, 0.1) is 13.3 Å². The molecule has 0 atom stereocenters. The Morgan fingerprint density at radius 3 is 2.57 bits per heavy atom. The third-order valence-electron chi connectivity index (χ3n) is 1.90. The minimum Gasteiger partial charge on any atom is -0.494 e. The third kappa shape index (κ3) is 1.39. The lowest BCUT2D eigenvalue weighted by Gasteiger charge is -2.04. The number of rotatable bonds is 1. The average molecular weight is 195 g/mol. The van der Waals surface area contributed by atoms with Crippen molar-refractivity contribution in [3.8, 4) is 5.75 Å². The molecule has 0 bridgehead atoms. The van der Waals surface area contributed by atoms with Gasteiger partial charge in [-0.3, -0.25) is 0 Å². The summed E-state index contributed by atoms with van der Waals surface area (Å²) in [7, 11) is 1.42. The van der Waals surface area contributed by atoms with E-state index in [0.29, 0.717) is 16.7 Å². The molecular formula is C10H7F2NO. The van der Waals surface area contributed by atoms with Crippen LogP contribution in [0.3, 0.4) is 0 Å². The lowest BCUT2D eigenvalue weighted by Crippen LogP contribution is -1.90. The molecule has 0 N–H and O–H groups in total. The van der Waals surface area contributed by atoms with Crippen LogP contribution in [0.25, 0.3) is 10.9 Å². The van der Waals surface area contributed by atoms with Gasteiger partial charge in [0, 0.05) is 11.5 Å². The molecule has 0 aliphatic rings. The molecule has 0 radical (unpaired) electrons. The molecule has 72 valence electrons. The molecule has 0 saturated carbocycles. The molecular weight excluding hydrogens is 188 g/mol. The first-order chi connectivity index (χ1) is 6.70. The second kappa shape index (κ2) is 3.21. The number of hydrogen-bond donors (Lipinski definition) is 0. The number of aromatic nitrogens is 1. The van der Waals surface area contributed by atoms with E-state index in [1.54, 1.807) is 0 Å². The van der Waals surface area contributed by atoms with E-state index in [4.69, 9.17) is 4.74 Å². The van der Waals surface area contributed by atoms with E-state index in [-0.39, 0.29) is 0 Å². The second-order valence-corrected chi connectivity index (χ2v) is 2.83. The molecule has 0 aliphatic heterocycles. The maximum Gasteiger partial charge on any atom is 0.147 e. The minimum absolute atomic E-state index is 0.306. The van der Waals surface area contributed by atoms with Gasteiger partial charge < -0.3 is 4.74 Å². The van der Waals surface area contributed by atoms with Gasteiger partial charge in [-0.15, -0.1) is 0 Å². The van der Waals surface area contributed by atoms with E-state index in [0.717, 1.165) is 6.20 Å². The lowest BCUT2D eigenvalue weighted by atomic mass is 10.2. The Balaban J connectivity index is 2.81. The topological polar surface area (TPSA) is 22.1 Å². The van der Waals surface area contributed by atoms with Crippen LogP contribution in [0.1, 0.15) is 0 Å². The fourth-order valence-corrected chi connectivity index (χ4v) is 1.31. The molecule has 4 heteroatoms. The van der Waals surface area contributed by atoms with Gasteiger partial charge in [0.2, 0.25) is 0 Å². The van der Waals surface area contributed by atoms with Crippen molar-refractivity contribution in [2.45, 2.75) is 0 Å². The number of halogens is 2. The van der Waals surface area contributed by atoms with Crippen molar-refractivity contribution in [2.24, 2.45) is 0 Å². The summed E-state index contributed by atoms with van der Waals surface area (Å²) in [6.07, 6.45) is 1.07. The van der Waals surface area contributed by atoms with Crippen molar-refractivity contribution >= 4 is 10.9 Å². The summed E-state index contributed by atoms with van der Waals surface area (Å²) < 4.78 is 30.7. The molecule has 0 saturated heterocycles. The van der Waals surface area contributed by atoms with Crippen LogP contribution in [-0.2, 0) is 0 Å². The zero-order valence-corrected chi connectivity index (χ0v) is 7.42. The Morgan fingerprint density at radius 2 is 1.86 bits per heavy atom. The lowest BCUT2D eigenvalue weighted by molar-refractivity contribution is 0.415. The monoisotopic (exact) mass is 195 g/mol. The molecule has 1 aromatic carbocycles. The van der Waals surface area contributed by atoms with Gasteiger partial charge in [0.25, 0.3) is 0 Å². The molecule has 2 rings (SSSR count). The molecule has 14 heavy (non-hydrogen) atoms. The van der Waals surface area contributed by atoms with Crippen LogP contribution in [0.4, 0.5) is 8.78 Å². The van der Waals surface area contributed by atoms with E-state index < -0.39 is 11.6 Å². The summed E-state index contributed by atoms with van der Waals surface area (Å²) in [6, 6.07) is 3.65. The zero-order valence-electron chi connectivity index (χ0n) is 7.42. The Labute approximate surface area is 79.1 Å². The largest absolute Gasteiger partial charge is 0.494 e. The van der Waals surface area contributed by atoms with Crippen molar-refractivity contribution in [1.29, 1.82) is 0 Å². The molecule has 0 amide bonds. The highest BCUT2D eigenvalue weighted by Gasteiger charge is 2.06. The summed E-state index contributed by atoms with van der Waals surface area (Å²) in [5, 5.41) is 0.391. The van der Waals surface area contributed by atoms with Crippen molar-refractivity contribution < 1.29 is 13.5 Å². The highest BCUT2D eigenvalue weighted by molar-refractivity contribution is 5.84. The minimum atomic E-state index is -0.495. The summed E-state index contributed by atoms with van der Waals surface area (Å²) in [4.78, 5) is 3.83. The van der Waals surface area contributed by atoms with Gasteiger partial charge in [-0.2, -0.15) is 0 Å². The predicted octanol–water partition coefficient (Wildman–Crippen LogP) is 2.52. The molecule has 0 spiro atoms. The normalized spacial score (nSPS) is 10.5. The van der Waals surface area contributed by atoms with Crippen LogP contribution < -0.4 is 4.74 Å². The van der Waals surface area contributed by atoms with Crippen molar-refractivity contribution in [3.63, 3.8) is 0 Å². The van der Waals surface area contributed by atoms with E-state index in [2.05, 4.69) is 4.98 Å². The molecule has 1 heterocycles. The number of methoxy groups -OCH3 is 1. The number of nitrogens with zero attached hydrogens (tertiary/aromatic N) is 1. The first-order valence-electron chi connectivity index (χ1n) is 3.99. The summed E-state index contributed by atoms with van der Waals surface area (Å²) in [5.74, 6) is -0.660. The van der Waals surface area contributed by atoms with Crippen LogP contribution in [0.15, 0.2) is 24.4 Å². The van der Waals surface area contributed by atoms with E-state index in [1.165, 1.54) is 25.3 Å². The smallest absolute Gasteiger partial charge is 0.147 e. The third-order valence-corrected chi connectivity index (χ3v) is 1.90. The van der Waals surface area contributed by atoms with Crippen molar-refractivity contribution in [2.75, 3.05) is 7.11 Å². The number of ether oxygens (including phenoxy) is 1. The predicted molar refractivity (Wildman–Crippen MR) is 48.2 cm³/mol.